The predicted molar refractivity (Wildman–Crippen MR) is 157 cm³/mol. The molecule has 5 atom stereocenters. The quantitative estimate of drug-likeness (QED) is 0.436. The van der Waals surface area contributed by atoms with Crippen molar-refractivity contribution in [1.29, 1.82) is 0 Å². The Bertz CT molecular complexity index is 1460. The van der Waals surface area contributed by atoms with Gasteiger partial charge in [-0.05, 0) is 62.4 Å². The summed E-state index contributed by atoms with van der Waals surface area (Å²) in [5.74, 6) is 0.960. The van der Waals surface area contributed by atoms with Crippen LogP contribution in [-0.2, 0) is 35.4 Å². The zero-order valence-electron chi connectivity index (χ0n) is 25.4. The molecule has 2 aromatic carbocycles. The largest absolute Gasteiger partial charge is 0.508 e. The van der Waals surface area contributed by atoms with Gasteiger partial charge in [0.15, 0.2) is 17.8 Å². The molecule has 1 N–H and O–H groups in total. The second kappa shape index (κ2) is 12.0. The molecule has 44 heavy (non-hydrogen) atoms. The van der Waals surface area contributed by atoms with Crippen LogP contribution < -0.4 is 9.47 Å². The highest BCUT2D eigenvalue weighted by Gasteiger charge is 2.53. The first-order chi connectivity index (χ1) is 20.9. The summed E-state index contributed by atoms with van der Waals surface area (Å²) >= 11 is 0. The summed E-state index contributed by atoms with van der Waals surface area (Å²) in [5, 5.41) is 9.86. The molecule has 0 aliphatic carbocycles. The van der Waals surface area contributed by atoms with E-state index in [1.165, 1.54) is 16.4 Å². The van der Waals surface area contributed by atoms with Gasteiger partial charge < -0.3 is 33.5 Å². The highest BCUT2D eigenvalue weighted by molar-refractivity contribution is 7.89. The van der Waals surface area contributed by atoms with Crippen molar-refractivity contribution < 1.29 is 46.7 Å². The summed E-state index contributed by atoms with van der Waals surface area (Å²) < 4.78 is 64.3. The highest BCUT2D eigenvalue weighted by atomic mass is 32.2. The maximum Gasteiger partial charge on any atom is 0.412 e. The Kier molecular flexibility index (Phi) is 8.44. The van der Waals surface area contributed by atoms with Crippen LogP contribution in [0.25, 0.3) is 0 Å². The fourth-order valence-corrected chi connectivity index (χ4v) is 8.11. The summed E-state index contributed by atoms with van der Waals surface area (Å²) in [6.45, 7) is 8.52. The molecule has 12 nitrogen and oxygen atoms in total. The van der Waals surface area contributed by atoms with E-state index in [9.17, 15) is 18.3 Å². The number of nitrogens with zero attached hydrogens (tertiary/aromatic N) is 2. The van der Waals surface area contributed by atoms with Gasteiger partial charge in [-0.25, -0.2) is 13.2 Å². The highest BCUT2D eigenvalue weighted by Crippen LogP contribution is 2.39. The van der Waals surface area contributed by atoms with E-state index in [2.05, 4.69) is 0 Å². The standard InChI is InChI=1S/C31H40N2O10S/c1-19(2)15-32(44(36,37)22-9-10-25-26(14-22)41-18-40-25)16-27-24(13-20-5-7-21(34)8-6-20)33(31(3,4)43-27)30(35)42-28-17-39-29-23(28)11-12-38-29/h5-10,14,19,23-24,27-29,34H,11-13,15-18H2,1-4H3/t23-,24-,27+,28-,29+/m0/s1. The van der Waals surface area contributed by atoms with Gasteiger partial charge in [-0.15, -0.1) is 0 Å². The van der Waals surface area contributed by atoms with Crippen LogP contribution in [0.4, 0.5) is 4.79 Å². The van der Waals surface area contributed by atoms with Crippen molar-refractivity contribution in [2.75, 3.05) is 33.1 Å². The molecule has 4 aliphatic heterocycles. The number of benzene rings is 2. The number of hydrogen-bond acceptors (Lipinski definition) is 10. The lowest BCUT2D eigenvalue weighted by Gasteiger charge is -2.34. The fraction of sp³-hybridized carbons (Fsp3) is 0.581. The molecular formula is C31H40N2O10S. The topological polar surface area (TPSA) is 133 Å². The minimum atomic E-state index is -3.99. The smallest absolute Gasteiger partial charge is 0.412 e. The third-order valence-corrected chi connectivity index (χ3v) is 10.4. The van der Waals surface area contributed by atoms with Crippen LogP contribution in [0.3, 0.4) is 0 Å². The van der Waals surface area contributed by atoms with Gasteiger partial charge in [0.25, 0.3) is 0 Å². The first-order valence-corrected chi connectivity index (χ1v) is 16.4. The number of hydrogen-bond donors (Lipinski definition) is 1. The van der Waals surface area contributed by atoms with Crippen LogP contribution in [0.2, 0.25) is 0 Å². The van der Waals surface area contributed by atoms with Gasteiger partial charge in [0.1, 0.15) is 17.6 Å². The van der Waals surface area contributed by atoms with Crippen molar-refractivity contribution in [2.24, 2.45) is 11.8 Å². The Hall–Kier alpha value is -3.10. The number of carbonyl (C=O) groups excluding carboxylic acids is 1. The lowest BCUT2D eigenvalue weighted by Crippen LogP contribution is -2.51. The number of carbonyl (C=O) groups is 1. The molecule has 4 aliphatic rings. The average molecular weight is 633 g/mol. The first-order valence-electron chi connectivity index (χ1n) is 15.0. The third kappa shape index (κ3) is 6.08. The number of fused-ring (bicyclic) bond motifs is 2. The van der Waals surface area contributed by atoms with Gasteiger partial charge in [0.2, 0.25) is 16.8 Å². The number of amides is 1. The number of phenols is 1. The summed E-state index contributed by atoms with van der Waals surface area (Å²) in [5.41, 5.74) is -0.264. The maximum atomic E-state index is 14.1. The second-order valence-electron chi connectivity index (χ2n) is 12.6. The molecule has 3 fully saturated rings. The molecule has 2 aromatic rings. The molecule has 0 aromatic heterocycles. The minimum absolute atomic E-state index is 0.00397. The number of sulfonamides is 1. The van der Waals surface area contributed by atoms with E-state index < -0.39 is 40.1 Å². The van der Waals surface area contributed by atoms with E-state index in [1.54, 1.807) is 49.1 Å². The zero-order chi connectivity index (χ0) is 31.2. The Labute approximate surface area is 257 Å². The Morgan fingerprint density at radius 3 is 2.61 bits per heavy atom. The maximum absolute atomic E-state index is 14.1. The van der Waals surface area contributed by atoms with Crippen molar-refractivity contribution in [1.82, 2.24) is 9.21 Å². The Morgan fingerprint density at radius 1 is 1.11 bits per heavy atom. The van der Waals surface area contributed by atoms with Crippen molar-refractivity contribution >= 4 is 16.1 Å². The van der Waals surface area contributed by atoms with Gasteiger partial charge >= 0.3 is 6.09 Å². The van der Waals surface area contributed by atoms with E-state index in [0.717, 1.165) is 12.0 Å². The summed E-state index contributed by atoms with van der Waals surface area (Å²) in [4.78, 5) is 15.6. The normalized spacial score (nSPS) is 27.3. The fourth-order valence-electron chi connectivity index (χ4n) is 6.48. The van der Waals surface area contributed by atoms with E-state index in [4.69, 9.17) is 28.4 Å². The van der Waals surface area contributed by atoms with Crippen LogP contribution in [0.5, 0.6) is 17.2 Å². The van der Waals surface area contributed by atoms with Crippen LogP contribution in [-0.4, -0.2) is 92.2 Å². The first kappa shape index (κ1) is 30.9. The number of rotatable bonds is 9. The van der Waals surface area contributed by atoms with Crippen LogP contribution >= 0.6 is 0 Å². The van der Waals surface area contributed by atoms with Crippen molar-refractivity contribution in [2.45, 2.75) is 75.7 Å². The number of phenolic OH excluding ortho intramolecular Hbond substituents is 1. The average Bonchev–Trinajstić information content (AvgIpc) is 3.74. The van der Waals surface area contributed by atoms with Crippen LogP contribution in [0, 0.1) is 11.8 Å². The molecule has 0 bridgehead atoms. The predicted octanol–water partition coefficient (Wildman–Crippen LogP) is 3.71. The van der Waals surface area contributed by atoms with Crippen LogP contribution in [0.15, 0.2) is 47.4 Å². The molecule has 0 radical (unpaired) electrons. The summed E-state index contributed by atoms with van der Waals surface area (Å²) in [6.07, 6.45) is -0.999. The number of aromatic hydroxyl groups is 1. The van der Waals surface area contributed by atoms with E-state index in [0.29, 0.717) is 24.5 Å². The van der Waals surface area contributed by atoms with Gasteiger partial charge in [0, 0.05) is 19.2 Å². The lowest BCUT2D eigenvalue weighted by atomic mass is 9.99. The molecule has 0 spiro atoms. The van der Waals surface area contributed by atoms with Gasteiger partial charge in [-0.2, -0.15) is 4.31 Å². The molecule has 1 amide bonds. The Balaban J connectivity index is 1.30. The molecule has 4 heterocycles. The molecule has 6 rings (SSSR count). The Morgan fingerprint density at radius 2 is 1.86 bits per heavy atom. The summed E-state index contributed by atoms with van der Waals surface area (Å²) in [7, 11) is -3.99. The molecule has 0 unspecified atom stereocenters. The van der Waals surface area contributed by atoms with Gasteiger partial charge in [-0.3, -0.25) is 4.90 Å². The van der Waals surface area contributed by atoms with E-state index in [-0.39, 0.29) is 55.3 Å². The van der Waals surface area contributed by atoms with Gasteiger partial charge in [0.05, 0.1) is 36.2 Å². The van der Waals surface area contributed by atoms with E-state index >= 15 is 0 Å². The van der Waals surface area contributed by atoms with Gasteiger partial charge in [-0.1, -0.05) is 26.0 Å². The van der Waals surface area contributed by atoms with Crippen molar-refractivity contribution in [3.8, 4) is 17.2 Å². The zero-order valence-corrected chi connectivity index (χ0v) is 26.2. The molecule has 240 valence electrons. The molecule has 0 saturated carbocycles. The number of ether oxygens (including phenoxy) is 6. The third-order valence-electron chi connectivity index (χ3n) is 8.53. The van der Waals surface area contributed by atoms with E-state index in [1.807, 2.05) is 13.8 Å². The monoisotopic (exact) mass is 632 g/mol. The summed E-state index contributed by atoms with van der Waals surface area (Å²) in [6, 6.07) is 10.7. The minimum Gasteiger partial charge on any atom is -0.508 e. The second-order valence-corrected chi connectivity index (χ2v) is 14.5. The van der Waals surface area contributed by atoms with Crippen molar-refractivity contribution in [3.05, 3.63) is 48.0 Å². The van der Waals surface area contributed by atoms with Crippen molar-refractivity contribution in [3.63, 3.8) is 0 Å². The molecule has 13 heteroatoms. The molecular weight excluding hydrogens is 592 g/mol. The van der Waals surface area contributed by atoms with Crippen LogP contribution in [0.1, 0.15) is 39.7 Å². The molecule has 3 saturated heterocycles. The lowest BCUT2D eigenvalue weighted by molar-refractivity contribution is -0.0911. The SMILES string of the molecule is CC(C)CN(C[C@H]1OC(C)(C)N(C(=O)O[C@H]2CO[C@H]3OCC[C@H]32)[C@H]1Cc1ccc(O)cc1)S(=O)(=O)c1ccc2c(c1)OCO2.